The van der Waals surface area contributed by atoms with Gasteiger partial charge in [-0.3, -0.25) is 0 Å². The molecule has 1 saturated carbocycles. The highest BCUT2D eigenvalue weighted by Crippen LogP contribution is 2.39. The minimum atomic E-state index is -2.94. The summed E-state index contributed by atoms with van der Waals surface area (Å²) >= 11 is 0. The molecule has 3 nitrogen and oxygen atoms in total. The third kappa shape index (κ3) is 6.66. The van der Waals surface area contributed by atoms with E-state index in [-0.39, 0.29) is 30.4 Å². The second-order valence-electron chi connectivity index (χ2n) is 8.23. The van der Waals surface area contributed by atoms with Crippen LogP contribution in [0.15, 0.2) is 30.9 Å². The summed E-state index contributed by atoms with van der Waals surface area (Å²) in [7, 11) is 0. The maximum atomic E-state index is 14.4. The molecular formula is C23H31F3O3. The van der Waals surface area contributed by atoms with Gasteiger partial charge in [-0.15, -0.1) is 0 Å². The molecule has 1 saturated heterocycles. The molecule has 0 aromatic heterocycles. The molecule has 0 N–H and O–H groups in total. The van der Waals surface area contributed by atoms with Gasteiger partial charge in [0.2, 0.25) is 0 Å². The Kier molecular flexibility index (Phi) is 7.87. The number of halogens is 3. The van der Waals surface area contributed by atoms with Crippen LogP contribution in [0.5, 0.6) is 11.5 Å². The Bertz CT molecular complexity index is 651. The second-order valence-corrected chi connectivity index (χ2v) is 8.23. The van der Waals surface area contributed by atoms with Crippen molar-refractivity contribution >= 4 is 0 Å². The highest BCUT2D eigenvalue weighted by atomic mass is 19.3. The predicted octanol–water partition coefficient (Wildman–Crippen LogP) is 6.17. The van der Waals surface area contributed by atoms with Crippen molar-refractivity contribution < 1.29 is 27.4 Å². The fourth-order valence-electron chi connectivity index (χ4n) is 4.41. The molecule has 0 bridgehead atoms. The van der Waals surface area contributed by atoms with Gasteiger partial charge in [0.25, 0.3) is 5.92 Å². The van der Waals surface area contributed by atoms with E-state index in [4.69, 9.17) is 14.2 Å². The summed E-state index contributed by atoms with van der Waals surface area (Å²) in [6.07, 6.45) is 8.62. The molecule has 0 spiro atoms. The van der Waals surface area contributed by atoms with Crippen LogP contribution in [0.2, 0.25) is 0 Å². The summed E-state index contributed by atoms with van der Waals surface area (Å²) in [6.45, 7) is 3.75. The quantitative estimate of drug-likeness (QED) is 0.454. The molecule has 1 atom stereocenters. The van der Waals surface area contributed by atoms with E-state index in [0.29, 0.717) is 12.0 Å². The van der Waals surface area contributed by atoms with Crippen molar-refractivity contribution in [2.75, 3.05) is 19.8 Å². The van der Waals surface area contributed by atoms with Crippen LogP contribution < -0.4 is 9.47 Å². The van der Waals surface area contributed by atoms with Gasteiger partial charge in [0.15, 0.2) is 18.2 Å². The summed E-state index contributed by atoms with van der Waals surface area (Å²) < 4.78 is 58.9. The van der Waals surface area contributed by atoms with Gasteiger partial charge < -0.3 is 14.2 Å². The molecule has 0 amide bonds. The first kappa shape index (κ1) is 22.0. The number of hydrogen-bond acceptors (Lipinski definition) is 3. The number of ether oxygens (including phenoxy) is 3. The first-order valence-electron chi connectivity index (χ1n) is 10.6. The lowest BCUT2D eigenvalue weighted by Crippen LogP contribution is -2.34. The number of rotatable bonds is 9. The van der Waals surface area contributed by atoms with Gasteiger partial charge in [0.1, 0.15) is 12.4 Å². The Morgan fingerprint density at radius 2 is 1.90 bits per heavy atom. The van der Waals surface area contributed by atoms with E-state index in [9.17, 15) is 13.2 Å². The molecule has 162 valence electrons. The van der Waals surface area contributed by atoms with Crippen molar-refractivity contribution in [3.05, 3.63) is 36.7 Å². The molecule has 1 aromatic rings. The van der Waals surface area contributed by atoms with Gasteiger partial charge >= 0.3 is 0 Å². The molecule has 2 fully saturated rings. The number of hydrogen-bond donors (Lipinski definition) is 0. The summed E-state index contributed by atoms with van der Waals surface area (Å²) in [6, 6.07) is 3.89. The summed E-state index contributed by atoms with van der Waals surface area (Å²) in [5, 5.41) is 0. The molecular weight excluding hydrogens is 381 g/mol. The van der Waals surface area contributed by atoms with Crippen molar-refractivity contribution in [1.29, 1.82) is 0 Å². The first-order valence-corrected chi connectivity index (χ1v) is 10.6. The fourth-order valence-corrected chi connectivity index (χ4v) is 4.41. The van der Waals surface area contributed by atoms with Crippen LogP contribution in [0.4, 0.5) is 13.2 Å². The zero-order valence-electron chi connectivity index (χ0n) is 16.9. The van der Waals surface area contributed by atoms with Crippen LogP contribution in [-0.2, 0) is 4.74 Å². The average molecular weight is 412 g/mol. The molecule has 0 radical (unpaired) electrons. The smallest absolute Gasteiger partial charge is 0.281 e. The van der Waals surface area contributed by atoms with Crippen molar-refractivity contribution in [2.45, 2.75) is 63.4 Å². The Morgan fingerprint density at radius 1 is 1.10 bits per heavy atom. The highest BCUT2D eigenvalue weighted by molar-refractivity contribution is 5.33. The second kappa shape index (κ2) is 10.4. The van der Waals surface area contributed by atoms with Crippen LogP contribution in [0.1, 0.15) is 51.4 Å². The monoisotopic (exact) mass is 412 g/mol. The summed E-state index contributed by atoms with van der Waals surface area (Å²) in [5.41, 5.74) is 0. The minimum Gasteiger partial charge on any atom is -0.487 e. The van der Waals surface area contributed by atoms with E-state index < -0.39 is 18.3 Å². The lowest BCUT2D eigenvalue weighted by atomic mass is 9.76. The zero-order chi connectivity index (χ0) is 20.7. The molecule has 1 heterocycles. The van der Waals surface area contributed by atoms with E-state index in [1.165, 1.54) is 24.6 Å². The SMILES string of the molecule is C=CCOc1ccc(OCC(F)(F)CC2CCC(C3CCCCO3)CC2)cc1F. The van der Waals surface area contributed by atoms with E-state index in [1.807, 2.05) is 0 Å². The normalized spacial score (nSPS) is 25.4. The Hall–Kier alpha value is -1.69. The van der Waals surface area contributed by atoms with E-state index >= 15 is 0 Å². The highest BCUT2D eigenvalue weighted by Gasteiger charge is 2.37. The van der Waals surface area contributed by atoms with Gasteiger partial charge in [0.05, 0.1) is 6.10 Å². The van der Waals surface area contributed by atoms with Gasteiger partial charge in [0, 0.05) is 19.1 Å². The summed E-state index contributed by atoms with van der Waals surface area (Å²) in [5.74, 6) is -2.95. The van der Waals surface area contributed by atoms with E-state index in [0.717, 1.165) is 51.2 Å². The Labute approximate surface area is 171 Å². The van der Waals surface area contributed by atoms with Gasteiger partial charge in [-0.1, -0.05) is 12.7 Å². The maximum Gasteiger partial charge on any atom is 0.281 e. The molecule has 6 heteroatoms. The van der Waals surface area contributed by atoms with E-state index in [2.05, 4.69) is 6.58 Å². The molecule has 1 unspecified atom stereocenters. The third-order valence-electron chi connectivity index (χ3n) is 5.93. The lowest BCUT2D eigenvalue weighted by Gasteiger charge is -2.36. The molecule has 2 aliphatic rings. The topological polar surface area (TPSA) is 27.7 Å². The molecule has 1 aliphatic heterocycles. The first-order chi connectivity index (χ1) is 14.0. The van der Waals surface area contributed by atoms with Crippen LogP contribution in [0, 0.1) is 17.7 Å². The molecule has 3 rings (SSSR count). The lowest BCUT2D eigenvalue weighted by molar-refractivity contribution is -0.0714. The number of benzene rings is 1. The van der Waals surface area contributed by atoms with Crippen molar-refractivity contribution in [3.8, 4) is 11.5 Å². The Morgan fingerprint density at radius 3 is 2.55 bits per heavy atom. The third-order valence-corrected chi connectivity index (χ3v) is 5.93. The van der Waals surface area contributed by atoms with E-state index in [1.54, 1.807) is 0 Å². The van der Waals surface area contributed by atoms with Crippen LogP contribution >= 0.6 is 0 Å². The van der Waals surface area contributed by atoms with Crippen LogP contribution in [-0.4, -0.2) is 31.8 Å². The predicted molar refractivity (Wildman–Crippen MR) is 106 cm³/mol. The molecule has 1 aliphatic carbocycles. The average Bonchev–Trinajstić information content (AvgIpc) is 2.73. The Balaban J connectivity index is 1.43. The molecule has 1 aromatic carbocycles. The van der Waals surface area contributed by atoms with Crippen molar-refractivity contribution in [1.82, 2.24) is 0 Å². The van der Waals surface area contributed by atoms with Crippen LogP contribution in [0.3, 0.4) is 0 Å². The molecule has 29 heavy (non-hydrogen) atoms. The standard InChI is InChI=1S/C23H31F3O3/c1-2-12-27-22-11-10-19(14-20(22)24)29-16-23(25,26)15-17-6-8-18(9-7-17)21-5-3-4-13-28-21/h2,10-11,14,17-18,21H,1,3-9,12-13,15-16H2. The number of alkyl halides is 2. The van der Waals surface area contributed by atoms with Crippen LogP contribution in [0.25, 0.3) is 0 Å². The largest absolute Gasteiger partial charge is 0.487 e. The fraction of sp³-hybridized carbons (Fsp3) is 0.652. The van der Waals surface area contributed by atoms with Gasteiger partial charge in [-0.2, -0.15) is 0 Å². The van der Waals surface area contributed by atoms with Gasteiger partial charge in [-0.25, -0.2) is 13.2 Å². The maximum absolute atomic E-state index is 14.4. The van der Waals surface area contributed by atoms with Crippen molar-refractivity contribution in [3.63, 3.8) is 0 Å². The van der Waals surface area contributed by atoms with Gasteiger partial charge in [-0.05, 0) is 68.9 Å². The summed E-state index contributed by atoms with van der Waals surface area (Å²) in [4.78, 5) is 0. The minimum absolute atomic E-state index is 0.000133. The zero-order valence-corrected chi connectivity index (χ0v) is 16.9. The van der Waals surface area contributed by atoms with Crippen molar-refractivity contribution in [2.24, 2.45) is 11.8 Å².